The first-order valence-corrected chi connectivity index (χ1v) is 5.90. The molecule has 1 aliphatic rings. The summed E-state index contributed by atoms with van der Waals surface area (Å²) in [7, 11) is 0. The molecule has 1 saturated heterocycles. The normalized spacial score (nSPS) is 19.4. The van der Waals surface area contributed by atoms with E-state index in [1.807, 2.05) is 0 Å². The molecule has 0 spiro atoms. The van der Waals surface area contributed by atoms with Crippen molar-refractivity contribution in [2.24, 2.45) is 5.92 Å². The van der Waals surface area contributed by atoms with Gasteiger partial charge in [0, 0.05) is 12.6 Å². The summed E-state index contributed by atoms with van der Waals surface area (Å²) in [4.78, 5) is 23.5. The number of nitrogens with zero attached hydrogens (tertiary/aromatic N) is 1. The van der Waals surface area contributed by atoms with Crippen LogP contribution < -0.4 is 4.90 Å². The molecule has 1 unspecified atom stereocenters. The lowest BCUT2D eigenvalue weighted by atomic mass is 10.1. The van der Waals surface area contributed by atoms with Gasteiger partial charge in [0.05, 0.1) is 10.2 Å². The first-order chi connectivity index (χ1) is 8.41. The smallest absolute Gasteiger partial charge is 0.316 e. The molecule has 1 aromatic carbocycles. The molecule has 0 saturated carbocycles. The molecule has 1 N–H and O–H groups in total. The van der Waals surface area contributed by atoms with E-state index in [1.165, 1.54) is 0 Å². The fourth-order valence-electron chi connectivity index (χ4n) is 1.87. The third kappa shape index (κ3) is 2.10. The van der Waals surface area contributed by atoms with Crippen molar-refractivity contribution in [3.05, 3.63) is 28.2 Å². The summed E-state index contributed by atoms with van der Waals surface area (Å²) < 4.78 is 26.9. The summed E-state index contributed by atoms with van der Waals surface area (Å²) in [5.74, 6) is -4.64. The molecule has 7 heteroatoms. The molecule has 18 heavy (non-hydrogen) atoms. The Morgan fingerprint density at radius 1 is 1.39 bits per heavy atom. The van der Waals surface area contributed by atoms with Crippen LogP contribution in [0.25, 0.3) is 0 Å². The van der Waals surface area contributed by atoms with Gasteiger partial charge in [0.15, 0.2) is 0 Å². The zero-order valence-corrected chi connectivity index (χ0v) is 10.6. The molecule has 1 fully saturated rings. The molecule has 1 heterocycles. The summed E-state index contributed by atoms with van der Waals surface area (Å²) in [5, 5.41) is 8.79. The van der Waals surface area contributed by atoms with Crippen LogP contribution >= 0.6 is 15.9 Å². The third-order valence-corrected chi connectivity index (χ3v) is 3.39. The summed E-state index contributed by atoms with van der Waals surface area (Å²) >= 11 is 2.83. The second kappa shape index (κ2) is 4.64. The monoisotopic (exact) mass is 319 g/mol. The lowest BCUT2D eigenvalue weighted by molar-refractivity contribution is -0.144. The van der Waals surface area contributed by atoms with E-state index < -0.39 is 29.4 Å². The van der Waals surface area contributed by atoms with Crippen LogP contribution in [0.2, 0.25) is 0 Å². The average Bonchev–Trinajstić information content (AvgIpc) is 2.66. The highest BCUT2D eigenvalue weighted by molar-refractivity contribution is 9.10. The van der Waals surface area contributed by atoms with Gasteiger partial charge in [-0.1, -0.05) is 0 Å². The number of carboxylic acid groups (broad SMARTS) is 1. The van der Waals surface area contributed by atoms with E-state index >= 15 is 0 Å². The van der Waals surface area contributed by atoms with E-state index in [9.17, 15) is 18.4 Å². The van der Waals surface area contributed by atoms with Gasteiger partial charge < -0.3 is 10.0 Å². The highest BCUT2D eigenvalue weighted by atomic mass is 79.9. The topological polar surface area (TPSA) is 57.6 Å². The number of carbonyl (C=O) groups is 2. The molecule has 4 nitrogen and oxygen atoms in total. The van der Waals surface area contributed by atoms with Gasteiger partial charge in [-0.05, 0) is 28.4 Å². The zero-order valence-electron chi connectivity index (χ0n) is 8.99. The van der Waals surface area contributed by atoms with Crippen LogP contribution in [0.3, 0.4) is 0 Å². The van der Waals surface area contributed by atoms with Gasteiger partial charge in [-0.15, -0.1) is 0 Å². The summed E-state index contributed by atoms with van der Waals surface area (Å²) in [6, 6.07) is 1.79. The number of hydrogen-bond acceptors (Lipinski definition) is 2. The predicted octanol–water partition coefficient (Wildman–Crippen LogP) is 2.16. The number of rotatable bonds is 2. The first-order valence-electron chi connectivity index (χ1n) is 5.10. The molecule has 0 radical (unpaired) electrons. The van der Waals surface area contributed by atoms with Crippen LogP contribution in [-0.4, -0.2) is 23.5 Å². The number of carboxylic acids is 1. The number of halogens is 3. The Kier molecular flexibility index (Phi) is 3.34. The van der Waals surface area contributed by atoms with E-state index in [-0.39, 0.29) is 23.1 Å². The van der Waals surface area contributed by atoms with Crippen LogP contribution in [-0.2, 0) is 9.59 Å². The largest absolute Gasteiger partial charge is 0.481 e. The van der Waals surface area contributed by atoms with Gasteiger partial charge in [0.25, 0.3) is 0 Å². The van der Waals surface area contributed by atoms with Crippen molar-refractivity contribution in [2.45, 2.75) is 6.42 Å². The quantitative estimate of drug-likeness (QED) is 0.671. The molecule has 1 aromatic rings. The van der Waals surface area contributed by atoms with Crippen molar-refractivity contribution in [1.29, 1.82) is 0 Å². The predicted molar refractivity (Wildman–Crippen MR) is 62.2 cm³/mol. The second-order valence-electron chi connectivity index (χ2n) is 3.89. The third-order valence-electron chi connectivity index (χ3n) is 2.78. The lowest BCUT2D eigenvalue weighted by Crippen LogP contribution is -2.30. The maximum atomic E-state index is 13.6. The minimum absolute atomic E-state index is 0.0508. The molecule has 96 valence electrons. The minimum Gasteiger partial charge on any atom is -0.481 e. The van der Waals surface area contributed by atoms with Crippen LogP contribution in [0.1, 0.15) is 6.42 Å². The Hall–Kier alpha value is -1.50. The van der Waals surface area contributed by atoms with E-state index in [4.69, 9.17) is 5.11 Å². The van der Waals surface area contributed by atoms with Gasteiger partial charge in [0.2, 0.25) is 5.91 Å². The molecule has 1 atom stereocenters. The Labute approximate surface area is 109 Å². The Bertz CT molecular complexity index is 535. The summed E-state index contributed by atoms with van der Waals surface area (Å²) in [6.07, 6.45) is 0.0886. The second-order valence-corrected chi connectivity index (χ2v) is 4.74. The highest BCUT2D eigenvalue weighted by Gasteiger charge is 2.38. The fourth-order valence-corrected chi connectivity index (χ4v) is 2.18. The molecule has 2 rings (SSSR count). The molecule has 0 bridgehead atoms. The first kappa shape index (κ1) is 12.9. The Balaban J connectivity index is 2.37. The maximum absolute atomic E-state index is 13.6. The standard InChI is InChI=1S/C11H8BrF2NO3/c12-6-3-8(14)9(4-7(6)13)15-2-1-5(10(15)16)11(17)18/h3-5H,1-2H2,(H,17,18). The van der Waals surface area contributed by atoms with E-state index in [2.05, 4.69) is 15.9 Å². The van der Waals surface area contributed by atoms with Crippen LogP contribution in [0.4, 0.5) is 14.5 Å². The van der Waals surface area contributed by atoms with Crippen molar-refractivity contribution >= 4 is 33.5 Å². The lowest BCUT2D eigenvalue weighted by Gasteiger charge is -2.17. The summed E-state index contributed by atoms with van der Waals surface area (Å²) in [6.45, 7) is 0.0633. The van der Waals surface area contributed by atoms with E-state index in [1.54, 1.807) is 0 Å². The van der Waals surface area contributed by atoms with Gasteiger partial charge >= 0.3 is 5.97 Å². The molecule has 0 aromatic heterocycles. The van der Waals surface area contributed by atoms with Crippen molar-refractivity contribution in [3.8, 4) is 0 Å². The van der Waals surface area contributed by atoms with Crippen molar-refractivity contribution < 1.29 is 23.5 Å². The minimum atomic E-state index is -1.25. The van der Waals surface area contributed by atoms with Gasteiger partial charge in [-0.3, -0.25) is 9.59 Å². The zero-order chi connectivity index (χ0) is 13.4. The number of hydrogen-bond donors (Lipinski definition) is 1. The Morgan fingerprint density at radius 2 is 2.06 bits per heavy atom. The fraction of sp³-hybridized carbons (Fsp3) is 0.273. The molecule has 0 aliphatic carbocycles. The van der Waals surface area contributed by atoms with Crippen molar-refractivity contribution in [2.75, 3.05) is 11.4 Å². The van der Waals surface area contributed by atoms with Crippen LogP contribution in [0.15, 0.2) is 16.6 Å². The van der Waals surface area contributed by atoms with Gasteiger partial charge in [0.1, 0.15) is 17.6 Å². The van der Waals surface area contributed by atoms with E-state index in [0.29, 0.717) is 0 Å². The Morgan fingerprint density at radius 3 is 2.61 bits per heavy atom. The van der Waals surface area contributed by atoms with Gasteiger partial charge in [-0.25, -0.2) is 8.78 Å². The number of amides is 1. The van der Waals surface area contributed by atoms with Crippen molar-refractivity contribution in [1.82, 2.24) is 0 Å². The molecular weight excluding hydrogens is 312 g/mol. The highest BCUT2D eigenvalue weighted by Crippen LogP contribution is 2.31. The van der Waals surface area contributed by atoms with Crippen molar-refractivity contribution in [3.63, 3.8) is 0 Å². The average molecular weight is 320 g/mol. The molecule has 1 aliphatic heterocycles. The molecule has 1 amide bonds. The van der Waals surface area contributed by atoms with E-state index in [0.717, 1.165) is 17.0 Å². The molecular formula is C11H8BrF2NO3. The number of carbonyl (C=O) groups excluding carboxylic acids is 1. The summed E-state index contributed by atoms with van der Waals surface area (Å²) in [5.41, 5.74) is -0.232. The SMILES string of the molecule is O=C(O)C1CCN(c2cc(F)c(Br)cc2F)C1=O. The van der Waals surface area contributed by atoms with Crippen LogP contribution in [0, 0.1) is 17.6 Å². The van der Waals surface area contributed by atoms with Crippen LogP contribution in [0.5, 0.6) is 0 Å². The number of benzene rings is 1. The number of aliphatic carboxylic acids is 1. The van der Waals surface area contributed by atoms with Gasteiger partial charge in [-0.2, -0.15) is 0 Å². The number of anilines is 1. The maximum Gasteiger partial charge on any atom is 0.316 e.